The summed E-state index contributed by atoms with van der Waals surface area (Å²) in [4.78, 5) is 4.62. The molecule has 1 fully saturated rings. The molecule has 4 nitrogen and oxygen atoms in total. The summed E-state index contributed by atoms with van der Waals surface area (Å²) in [7, 11) is 0. The number of hydrogen-bond donors (Lipinski definition) is 1. The van der Waals surface area contributed by atoms with Crippen LogP contribution < -0.4 is 5.32 Å². The lowest BCUT2D eigenvalue weighted by Gasteiger charge is -2.11. The van der Waals surface area contributed by atoms with Crippen LogP contribution >= 0.6 is 0 Å². The highest BCUT2D eigenvalue weighted by Gasteiger charge is 2.19. The van der Waals surface area contributed by atoms with Crippen LogP contribution in [0.1, 0.15) is 51.1 Å². The van der Waals surface area contributed by atoms with Gasteiger partial charge in [-0.1, -0.05) is 26.7 Å². The second-order valence-corrected chi connectivity index (χ2v) is 5.82. The van der Waals surface area contributed by atoms with Crippen molar-refractivity contribution in [2.24, 2.45) is 0 Å². The number of fused-ring (bicyclic) bond motifs is 1. The number of pyridine rings is 1. The van der Waals surface area contributed by atoms with E-state index in [9.17, 15) is 0 Å². The Morgan fingerprint density at radius 3 is 2.84 bits per heavy atom. The molecular formula is C15H22N4. The molecule has 2 aromatic heterocycles. The van der Waals surface area contributed by atoms with E-state index in [4.69, 9.17) is 0 Å². The number of nitrogens with one attached hydrogen (secondary N) is 1. The average molecular weight is 258 g/mol. The van der Waals surface area contributed by atoms with Crippen molar-refractivity contribution in [1.82, 2.24) is 20.1 Å². The van der Waals surface area contributed by atoms with Crippen LogP contribution in [0.4, 0.5) is 0 Å². The van der Waals surface area contributed by atoms with E-state index in [1.165, 1.54) is 31.2 Å². The molecule has 0 aliphatic heterocycles. The fourth-order valence-corrected chi connectivity index (χ4v) is 2.82. The SMILES string of the molecule is CC(C)NCc1cnc2c(cnn2C2CCCC2)c1. The summed E-state index contributed by atoms with van der Waals surface area (Å²) in [6.45, 7) is 5.18. The Labute approximate surface area is 114 Å². The smallest absolute Gasteiger partial charge is 0.157 e. The first kappa shape index (κ1) is 12.6. The molecule has 2 heterocycles. The van der Waals surface area contributed by atoms with Crippen LogP contribution in [0.2, 0.25) is 0 Å². The van der Waals surface area contributed by atoms with Gasteiger partial charge in [0.15, 0.2) is 5.65 Å². The van der Waals surface area contributed by atoms with E-state index in [0.717, 1.165) is 17.6 Å². The van der Waals surface area contributed by atoms with E-state index in [1.807, 2.05) is 12.4 Å². The van der Waals surface area contributed by atoms with Crippen molar-refractivity contribution in [2.45, 2.75) is 58.2 Å². The minimum Gasteiger partial charge on any atom is -0.310 e. The summed E-state index contributed by atoms with van der Waals surface area (Å²) in [5, 5.41) is 9.13. The molecule has 0 radical (unpaired) electrons. The van der Waals surface area contributed by atoms with E-state index >= 15 is 0 Å². The molecule has 0 spiro atoms. The van der Waals surface area contributed by atoms with Gasteiger partial charge in [0.25, 0.3) is 0 Å². The third-order valence-electron chi connectivity index (χ3n) is 3.87. The zero-order valence-electron chi connectivity index (χ0n) is 11.8. The zero-order chi connectivity index (χ0) is 13.2. The highest BCUT2D eigenvalue weighted by molar-refractivity contribution is 5.75. The van der Waals surface area contributed by atoms with Crippen molar-refractivity contribution in [3.05, 3.63) is 24.0 Å². The van der Waals surface area contributed by atoms with Gasteiger partial charge in [-0.2, -0.15) is 5.10 Å². The van der Waals surface area contributed by atoms with Gasteiger partial charge in [-0.05, 0) is 24.5 Å². The van der Waals surface area contributed by atoms with Crippen molar-refractivity contribution in [1.29, 1.82) is 0 Å². The third kappa shape index (κ3) is 2.63. The summed E-state index contributed by atoms with van der Waals surface area (Å²) in [5.74, 6) is 0. The van der Waals surface area contributed by atoms with Crippen LogP contribution in [0, 0.1) is 0 Å². The first-order chi connectivity index (χ1) is 9.24. The van der Waals surface area contributed by atoms with Crippen molar-refractivity contribution in [3.8, 4) is 0 Å². The fraction of sp³-hybridized carbons (Fsp3) is 0.600. The Morgan fingerprint density at radius 1 is 1.32 bits per heavy atom. The molecule has 1 aliphatic carbocycles. The molecule has 0 atom stereocenters. The Balaban J connectivity index is 1.84. The van der Waals surface area contributed by atoms with E-state index < -0.39 is 0 Å². The summed E-state index contributed by atoms with van der Waals surface area (Å²) in [6, 6.07) is 3.26. The number of hydrogen-bond acceptors (Lipinski definition) is 3. The zero-order valence-corrected chi connectivity index (χ0v) is 11.8. The second-order valence-electron chi connectivity index (χ2n) is 5.82. The second kappa shape index (κ2) is 5.29. The van der Waals surface area contributed by atoms with Crippen molar-refractivity contribution < 1.29 is 0 Å². The Morgan fingerprint density at radius 2 is 2.11 bits per heavy atom. The molecule has 0 bridgehead atoms. The largest absolute Gasteiger partial charge is 0.310 e. The first-order valence-corrected chi connectivity index (χ1v) is 7.29. The monoisotopic (exact) mass is 258 g/mol. The minimum absolute atomic E-state index is 0.497. The molecule has 0 unspecified atom stereocenters. The van der Waals surface area contributed by atoms with Gasteiger partial charge in [0, 0.05) is 24.2 Å². The highest BCUT2D eigenvalue weighted by atomic mass is 15.3. The van der Waals surface area contributed by atoms with Gasteiger partial charge < -0.3 is 5.32 Å². The number of rotatable bonds is 4. The Kier molecular flexibility index (Phi) is 3.51. The van der Waals surface area contributed by atoms with Gasteiger partial charge in [-0.25, -0.2) is 9.67 Å². The van der Waals surface area contributed by atoms with Crippen LogP contribution in [-0.4, -0.2) is 20.8 Å². The molecule has 1 aliphatic rings. The van der Waals surface area contributed by atoms with Gasteiger partial charge >= 0.3 is 0 Å². The molecule has 19 heavy (non-hydrogen) atoms. The summed E-state index contributed by atoms with van der Waals surface area (Å²) in [6.07, 6.45) is 9.07. The number of nitrogens with zero attached hydrogens (tertiary/aromatic N) is 3. The molecule has 102 valence electrons. The van der Waals surface area contributed by atoms with E-state index in [1.54, 1.807) is 0 Å². The van der Waals surface area contributed by atoms with Gasteiger partial charge in [-0.15, -0.1) is 0 Å². The lowest BCUT2D eigenvalue weighted by Crippen LogP contribution is -2.21. The Bertz CT molecular complexity index is 552. The van der Waals surface area contributed by atoms with Crippen LogP contribution in [0.15, 0.2) is 18.5 Å². The van der Waals surface area contributed by atoms with Crippen LogP contribution in [0.5, 0.6) is 0 Å². The van der Waals surface area contributed by atoms with E-state index in [2.05, 4.69) is 40.0 Å². The molecule has 0 saturated heterocycles. The predicted molar refractivity (Wildman–Crippen MR) is 77.0 cm³/mol. The van der Waals surface area contributed by atoms with Gasteiger partial charge in [-0.3, -0.25) is 0 Å². The van der Waals surface area contributed by atoms with Crippen LogP contribution in [-0.2, 0) is 6.54 Å². The third-order valence-corrected chi connectivity index (χ3v) is 3.87. The first-order valence-electron chi connectivity index (χ1n) is 7.29. The Hall–Kier alpha value is -1.42. The van der Waals surface area contributed by atoms with Crippen LogP contribution in [0.25, 0.3) is 11.0 Å². The van der Waals surface area contributed by atoms with Crippen molar-refractivity contribution >= 4 is 11.0 Å². The van der Waals surface area contributed by atoms with E-state index in [0.29, 0.717) is 12.1 Å². The summed E-state index contributed by atoms with van der Waals surface area (Å²) in [5.41, 5.74) is 2.27. The molecule has 4 heteroatoms. The topological polar surface area (TPSA) is 42.7 Å². The van der Waals surface area contributed by atoms with E-state index in [-0.39, 0.29) is 0 Å². The van der Waals surface area contributed by atoms with Crippen molar-refractivity contribution in [3.63, 3.8) is 0 Å². The molecule has 3 rings (SSSR count). The highest BCUT2D eigenvalue weighted by Crippen LogP contribution is 2.31. The lowest BCUT2D eigenvalue weighted by atomic mass is 10.2. The van der Waals surface area contributed by atoms with Gasteiger partial charge in [0.1, 0.15) is 0 Å². The molecular weight excluding hydrogens is 236 g/mol. The maximum atomic E-state index is 4.62. The van der Waals surface area contributed by atoms with Gasteiger partial charge in [0.2, 0.25) is 0 Å². The normalized spacial score (nSPS) is 16.8. The summed E-state index contributed by atoms with van der Waals surface area (Å²) < 4.78 is 2.13. The molecule has 1 N–H and O–H groups in total. The molecule has 0 amide bonds. The summed E-state index contributed by atoms with van der Waals surface area (Å²) >= 11 is 0. The molecule has 2 aromatic rings. The lowest BCUT2D eigenvalue weighted by molar-refractivity contribution is 0.478. The maximum Gasteiger partial charge on any atom is 0.157 e. The number of aromatic nitrogens is 3. The average Bonchev–Trinajstić information content (AvgIpc) is 3.04. The molecule has 1 saturated carbocycles. The maximum absolute atomic E-state index is 4.62. The fourth-order valence-electron chi connectivity index (χ4n) is 2.82. The standard InChI is InChI=1S/C15H22N4/c1-11(2)16-8-12-7-13-10-18-19(15(13)17-9-12)14-5-3-4-6-14/h7,9-11,14,16H,3-6,8H2,1-2H3. The van der Waals surface area contributed by atoms with Crippen LogP contribution in [0.3, 0.4) is 0 Å². The minimum atomic E-state index is 0.497. The van der Waals surface area contributed by atoms with Crippen molar-refractivity contribution in [2.75, 3.05) is 0 Å². The van der Waals surface area contributed by atoms with Gasteiger partial charge in [0.05, 0.1) is 12.2 Å². The molecule has 0 aromatic carbocycles. The predicted octanol–water partition coefficient (Wildman–Crippen LogP) is 3.04. The quantitative estimate of drug-likeness (QED) is 0.916.